The number of hydrogen-bond acceptors (Lipinski definition) is 3. The van der Waals surface area contributed by atoms with Crippen molar-refractivity contribution >= 4 is 11.8 Å². The molecule has 0 saturated carbocycles. The van der Waals surface area contributed by atoms with Crippen molar-refractivity contribution in [2.75, 3.05) is 0 Å². The number of alkyl halides is 3. The lowest BCUT2D eigenvalue weighted by molar-refractivity contribution is -0.290. The van der Waals surface area contributed by atoms with E-state index in [1.807, 2.05) is 13.8 Å². The van der Waals surface area contributed by atoms with E-state index < -0.39 is 35.7 Å². The van der Waals surface area contributed by atoms with Crippen LogP contribution in [0.1, 0.15) is 43.9 Å². The summed E-state index contributed by atoms with van der Waals surface area (Å²) in [4.78, 5) is 23.5. The fourth-order valence-corrected chi connectivity index (χ4v) is 2.89. The lowest BCUT2D eigenvalue weighted by Crippen LogP contribution is -2.72. The first kappa shape index (κ1) is 18.3. The second-order valence-electron chi connectivity index (χ2n) is 6.25. The van der Waals surface area contributed by atoms with Crippen LogP contribution in [0.5, 0.6) is 0 Å². The van der Waals surface area contributed by atoms with Gasteiger partial charge in [-0.2, -0.15) is 13.2 Å². The molecule has 1 heterocycles. The van der Waals surface area contributed by atoms with Gasteiger partial charge in [0.1, 0.15) is 5.78 Å². The van der Waals surface area contributed by atoms with Crippen molar-refractivity contribution in [2.24, 2.45) is 5.92 Å². The van der Waals surface area contributed by atoms with Crippen molar-refractivity contribution in [3.05, 3.63) is 35.4 Å². The molecule has 2 amide bonds. The van der Waals surface area contributed by atoms with Crippen LogP contribution in [0.15, 0.2) is 24.3 Å². The Balaban J connectivity index is 2.50. The molecule has 0 unspecified atom stereocenters. The maximum absolute atomic E-state index is 13.3. The molecule has 5 nitrogen and oxygen atoms in total. The van der Waals surface area contributed by atoms with E-state index >= 15 is 0 Å². The highest BCUT2D eigenvalue weighted by atomic mass is 19.4. The number of rotatable bonds is 3. The summed E-state index contributed by atoms with van der Waals surface area (Å²) in [5, 5.41) is 13.8. The normalized spacial score (nSPS) is 27.6. The van der Waals surface area contributed by atoms with Crippen LogP contribution in [0, 0.1) is 5.92 Å². The smallest absolute Gasteiger partial charge is 0.363 e. The first-order valence-corrected chi connectivity index (χ1v) is 7.45. The van der Waals surface area contributed by atoms with Crippen molar-refractivity contribution in [3.8, 4) is 0 Å². The van der Waals surface area contributed by atoms with Gasteiger partial charge in [-0.25, -0.2) is 4.79 Å². The van der Waals surface area contributed by atoms with Gasteiger partial charge in [-0.05, 0) is 24.0 Å². The van der Waals surface area contributed by atoms with Gasteiger partial charge in [-0.3, -0.25) is 4.79 Å². The number of hydrogen-bond donors (Lipinski definition) is 3. The van der Waals surface area contributed by atoms with E-state index in [9.17, 15) is 27.9 Å². The third kappa shape index (κ3) is 3.10. The topological polar surface area (TPSA) is 78.4 Å². The Morgan fingerprint density at radius 1 is 1.25 bits per heavy atom. The monoisotopic (exact) mass is 344 g/mol. The number of urea groups is 1. The molecule has 3 atom stereocenters. The Kier molecular flexibility index (Phi) is 4.63. The minimum Gasteiger partial charge on any atom is -0.363 e. The average molecular weight is 344 g/mol. The number of carbonyl (C=O) groups is 2. The molecule has 1 fully saturated rings. The number of amides is 2. The molecule has 3 N–H and O–H groups in total. The molecule has 1 aromatic carbocycles. The largest absolute Gasteiger partial charge is 0.437 e. The molecule has 0 aliphatic carbocycles. The summed E-state index contributed by atoms with van der Waals surface area (Å²) >= 11 is 0. The van der Waals surface area contributed by atoms with E-state index in [4.69, 9.17) is 0 Å². The number of nitrogens with one attached hydrogen (secondary N) is 2. The van der Waals surface area contributed by atoms with Gasteiger partial charge in [0.05, 0.1) is 12.0 Å². The predicted octanol–water partition coefficient (Wildman–Crippen LogP) is 2.62. The van der Waals surface area contributed by atoms with Gasteiger partial charge < -0.3 is 15.7 Å². The maximum Gasteiger partial charge on any atom is 0.437 e. The molecule has 0 spiro atoms. The van der Waals surface area contributed by atoms with Crippen LogP contribution in [-0.2, 0) is 4.79 Å². The van der Waals surface area contributed by atoms with Crippen LogP contribution in [0.2, 0.25) is 0 Å². The minimum absolute atomic E-state index is 0.220. The molecular formula is C16H19F3N2O3. The fraction of sp³-hybridized carbons (Fsp3) is 0.500. The number of aliphatic hydroxyl groups is 1. The maximum atomic E-state index is 13.3. The van der Waals surface area contributed by atoms with E-state index in [1.54, 1.807) is 24.3 Å². The molecular weight excluding hydrogens is 325 g/mol. The Hall–Kier alpha value is -2.09. The van der Waals surface area contributed by atoms with Gasteiger partial charge in [0.2, 0.25) is 5.72 Å². The quantitative estimate of drug-likeness (QED) is 0.789. The molecule has 0 radical (unpaired) electrons. The van der Waals surface area contributed by atoms with Gasteiger partial charge in [0, 0.05) is 0 Å². The van der Waals surface area contributed by atoms with Gasteiger partial charge in [-0.15, -0.1) is 0 Å². The van der Waals surface area contributed by atoms with Crippen LogP contribution in [-0.4, -0.2) is 28.8 Å². The summed E-state index contributed by atoms with van der Waals surface area (Å²) in [7, 11) is 0. The molecule has 1 aliphatic heterocycles. The van der Waals surface area contributed by atoms with E-state index in [1.165, 1.54) is 5.32 Å². The van der Waals surface area contributed by atoms with E-state index in [2.05, 4.69) is 5.32 Å². The van der Waals surface area contributed by atoms with Crippen molar-refractivity contribution in [1.29, 1.82) is 0 Å². The van der Waals surface area contributed by atoms with Crippen molar-refractivity contribution in [3.63, 3.8) is 0 Å². The standard InChI is InChI=1S/C16H19F3N2O3/c1-8(2)10-4-6-11(7-5-10)13-12(9(3)22)15(24,16(17,18)19)21-14(23)20-13/h4-8,12-13,24H,1-3H3,(H2,20,21,23)/t12-,13-,15-/m0/s1. The first-order chi connectivity index (χ1) is 11.0. The van der Waals surface area contributed by atoms with Crippen LogP contribution in [0.3, 0.4) is 0 Å². The van der Waals surface area contributed by atoms with Crippen molar-refractivity contribution in [1.82, 2.24) is 10.6 Å². The number of benzene rings is 1. The van der Waals surface area contributed by atoms with Crippen LogP contribution in [0.25, 0.3) is 0 Å². The summed E-state index contributed by atoms with van der Waals surface area (Å²) in [6.45, 7) is 4.88. The predicted molar refractivity (Wildman–Crippen MR) is 80.1 cm³/mol. The molecule has 132 valence electrons. The molecule has 2 rings (SSSR count). The SMILES string of the molecule is CC(=O)[C@H]1[C@H](c2ccc(C(C)C)cc2)NC(=O)N[C@@]1(O)C(F)(F)F. The van der Waals surface area contributed by atoms with E-state index in [-0.39, 0.29) is 5.92 Å². The average Bonchev–Trinajstić information content (AvgIpc) is 2.44. The summed E-state index contributed by atoms with van der Waals surface area (Å²) in [5.74, 6) is -2.57. The second kappa shape index (κ2) is 6.08. The Labute approximate surface area is 137 Å². The van der Waals surface area contributed by atoms with E-state index in [0.717, 1.165) is 12.5 Å². The molecule has 1 aliphatic rings. The molecule has 1 saturated heterocycles. The Morgan fingerprint density at radius 3 is 2.21 bits per heavy atom. The Morgan fingerprint density at radius 2 is 1.79 bits per heavy atom. The zero-order chi connectivity index (χ0) is 18.3. The number of carbonyl (C=O) groups excluding carboxylic acids is 2. The second-order valence-corrected chi connectivity index (χ2v) is 6.25. The summed E-state index contributed by atoms with van der Waals surface area (Å²) in [6.07, 6.45) is -5.20. The highest BCUT2D eigenvalue weighted by Gasteiger charge is 2.65. The Bertz CT molecular complexity index is 643. The van der Waals surface area contributed by atoms with Crippen molar-refractivity contribution < 1.29 is 27.9 Å². The lowest BCUT2D eigenvalue weighted by Gasteiger charge is -2.44. The highest BCUT2D eigenvalue weighted by Crippen LogP contribution is 2.42. The van der Waals surface area contributed by atoms with Crippen LogP contribution in [0.4, 0.5) is 18.0 Å². The number of ketones is 1. The third-order valence-electron chi connectivity index (χ3n) is 4.21. The first-order valence-electron chi connectivity index (χ1n) is 7.45. The summed E-state index contributed by atoms with van der Waals surface area (Å²) < 4.78 is 40.0. The molecule has 1 aromatic rings. The summed E-state index contributed by atoms with van der Waals surface area (Å²) in [5.41, 5.74) is -2.34. The van der Waals surface area contributed by atoms with Gasteiger partial charge >= 0.3 is 12.2 Å². The zero-order valence-corrected chi connectivity index (χ0v) is 13.4. The van der Waals surface area contributed by atoms with Crippen molar-refractivity contribution in [2.45, 2.75) is 44.6 Å². The lowest BCUT2D eigenvalue weighted by atomic mass is 9.79. The molecule has 24 heavy (non-hydrogen) atoms. The van der Waals surface area contributed by atoms with Crippen LogP contribution < -0.4 is 10.6 Å². The minimum atomic E-state index is -5.20. The molecule has 0 bridgehead atoms. The number of halogens is 3. The number of Topliss-reactive ketones (excluding diaryl/α,β-unsaturated/α-hetero) is 1. The molecule has 8 heteroatoms. The summed E-state index contributed by atoms with van der Waals surface area (Å²) in [6, 6.07) is 4.07. The van der Waals surface area contributed by atoms with Gasteiger partial charge in [0.15, 0.2) is 0 Å². The third-order valence-corrected chi connectivity index (χ3v) is 4.21. The highest BCUT2D eigenvalue weighted by molar-refractivity contribution is 5.86. The van der Waals surface area contributed by atoms with Gasteiger partial charge in [-0.1, -0.05) is 38.1 Å². The molecule has 0 aromatic heterocycles. The van der Waals surface area contributed by atoms with Gasteiger partial charge in [0.25, 0.3) is 0 Å². The van der Waals surface area contributed by atoms with Crippen LogP contribution >= 0.6 is 0 Å². The zero-order valence-electron chi connectivity index (χ0n) is 13.4. The van der Waals surface area contributed by atoms with E-state index in [0.29, 0.717) is 5.56 Å². The fourth-order valence-electron chi connectivity index (χ4n) is 2.89.